The van der Waals surface area contributed by atoms with Crippen LogP contribution in [0.3, 0.4) is 0 Å². The topological polar surface area (TPSA) is 49.4 Å². The molecule has 0 aliphatic carbocycles. The maximum absolute atomic E-state index is 12.4. The Balaban J connectivity index is 2.36. The average molecular weight is 260 g/mol. The quantitative estimate of drug-likeness (QED) is 0.903. The molecule has 0 unspecified atom stereocenters. The average Bonchev–Trinajstić information content (AvgIpc) is 2.60. The van der Waals surface area contributed by atoms with Gasteiger partial charge in [-0.2, -0.15) is 0 Å². The van der Waals surface area contributed by atoms with Crippen molar-refractivity contribution in [2.75, 3.05) is 11.4 Å². The fourth-order valence-electron chi connectivity index (χ4n) is 2.45. The second-order valence-electron chi connectivity index (χ2n) is 5.04. The van der Waals surface area contributed by atoms with E-state index in [0.717, 1.165) is 29.7 Å². The maximum atomic E-state index is 12.4. The first-order chi connectivity index (χ1) is 9.04. The normalized spacial score (nSPS) is 17.5. The van der Waals surface area contributed by atoms with Crippen LogP contribution in [0.25, 0.3) is 0 Å². The number of carbonyl (C=O) groups excluding carboxylic acids is 2. The number of hydrogen-bond donors (Lipinski definition) is 1. The summed E-state index contributed by atoms with van der Waals surface area (Å²) >= 11 is 0. The number of rotatable bonds is 4. The fraction of sp³-hybridized carbons (Fsp3) is 0.467. The summed E-state index contributed by atoms with van der Waals surface area (Å²) in [5.74, 6) is -0.201. The molecular formula is C15H20N2O2. The number of nitrogens with one attached hydrogen (secondary N) is 1. The number of anilines is 1. The van der Waals surface area contributed by atoms with Gasteiger partial charge in [-0.3, -0.25) is 9.59 Å². The summed E-state index contributed by atoms with van der Waals surface area (Å²) in [7, 11) is 0. The zero-order valence-corrected chi connectivity index (χ0v) is 11.7. The highest BCUT2D eigenvalue weighted by molar-refractivity contribution is 6.06. The van der Waals surface area contributed by atoms with Gasteiger partial charge in [0.1, 0.15) is 6.04 Å². The molecule has 1 N–H and O–H groups in total. The fourth-order valence-corrected chi connectivity index (χ4v) is 2.45. The Labute approximate surface area is 113 Å². The van der Waals surface area contributed by atoms with E-state index in [2.05, 4.69) is 12.2 Å². The van der Waals surface area contributed by atoms with Crippen molar-refractivity contribution in [2.45, 2.75) is 39.7 Å². The third kappa shape index (κ3) is 2.62. The molecule has 19 heavy (non-hydrogen) atoms. The Morgan fingerprint density at radius 1 is 1.42 bits per heavy atom. The van der Waals surface area contributed by atoms with E-state index in [0.29, 0.717) is 6.54 Å². The van der Waals surface area contributed by atoms with E-state index in [-0.39, 0.29) is 11.8 Å². The molecule has 1 heterocycles. The molecule has 4 heteroatoms. The third-order valence-electron chi connectivity index (χ3n) is 3.38. The van der Waals surface area contributed by atoms with Crippen molar-refractivity contribution in [3.63, 3.8) is 0 Å². The van der Waals surface area contributed by atoms with Crippen LogP contribution < -0.4 is 10.2 Å². The first kappa shape index (κ1) is 13.6. The standard InChI is InChI=1S/C15H20N2O2/c1-4-5-8-17-13-7-6-10(2)9-12(13)14(15(17)19)16-11(3)18/h6-7,9,14H,4-5,8H2,1-3H3,(H,16,18)/t14-/m1/s1. The van der Waals surface area contributed by atoms with Crippen molar-refractivity contribution < 1.29 is 9.59 Å². The highest BCUT2D eigenvalue weighted by Gasteiger charge is 2.37. The van der Waals surface area contributed by atoms with Gasteiger partial charge in [-0.25, -0.2) is 0 Å². The van der Waals surface area contributed by atoms with Gasteiger partial charge in [-0.15, -0.1) is 0 Å². The number of carbonyl (C=O) groups is 2. The second kappa shape index (κ2) is 5.43. The minimum absolute atomic E-state index is 0.0238. The molecule has 0 spiro atoms. The zero-order chi connectivity index (χ0) is 14.0. The lowest BCUT2D eigenvalue weighted by Crippen LogP contribution is -2.37. The lowest BCUT2D eigenvalue weighted by molar-refractivity contribution is -0.126. The minimum atomic E-state index is -0.524. The largest absolute Gasteiger partial charge is 0.341 e. The minimum Gasteiger partial charge on any atom is -0.341 e. The van der Waals surface area contributed by atoms with Crippen LogP contribution in [-0.2, 0) is 9.59 Å². The smallest absolute Gasteiger partial charge is 0.254 e. The van der Waals surface area contributed by atoms with Gasteiger partial charge < -0.3 is 10.2 Å². The number of hydrogen-bond acceptors (Lipinski definition) is 2. The third-order valence-corrected chi connectivity index (χ3v) is 3.38. The van der Waals surface area contributed by atoms with Crippen LogP contribution in [0.15, 0.2) is 18.2 Å². The van der Waals surface area contributed by atoms with E-state index in [4.69, 9.17) is 0 Å². The summed E-state index contributed by atoms with van der Waals surface area (Å²) in [6, 6.07) is 5.44. The van der Waals surface area contributed by atoms with Crippen molar-refractivity contribution in [3.8, 4) is 0 Å². The summed E-state index contributed by atoms with van der Waals surface area (Å²) in [5.41, 5.74) is 2.94. The predicted octanol–water partition coefficient (Wildman–Crippen LogP) is 2.32. The van der Waals surface area contributed by atoms with Gasteiger partial charge >= 0.3 is 0 Å². The van der Waals surface area contributed by atoms with E-state index in [1.165, 1.54) is 6.92 Å². The van der Waals surface area contributed by atoms with Gasteiger partial charge in [-0.05, 0) is 19.4 Å². The SMILES string of the molecule is CCCCN1C(=O)[C@H](NC(C)=O)c2cc(C)ccc21. The lowest BCUT2D eigenvalue weighted by Gasteiger charge is -2.17. The van der Waals surface area contributed by atoms with Crippen LogP contribution in [0.5, 0.6) is 0 Å². The van der Waals surface area contributed by atoms with Gasteiger partial charge in [-0.1, -0.05) is 31.0 Å². The molecule has 2 rings (SSSR count). The highest BCUT2D eigenvalue weighted by Crippen LogP contribution is 2.36. The van der Waals surface area contributed by atoms with Crippen LogP contribution in [0.1, 0.15) is 43.9 Å². The number of amides is 2. The molecule has 0 fully saturated rings. The second-order valence-corrected chi connectivity index (χ2v) is 5.04. The van der Waals surface area contributed by atoms with Crippen LogP contribution in [0.4, 0.5) is 5.69 Å². The van der Waals surface area contributed by atoms with Crippen LogP contribution >= 0.6 is 0 Å². The summed E-state index contributed by atoms with van der Waals surface area (Å²) in [6.07, 6.45) is 2.00. The molecule has 4 nitrogen and oxygen atoms in total. The summed E-state index contributed by atoms with van der Waals surface area (Å²) in [6.45, 7) is 6.24. The first-order valence-corrected chi connectivity index (χ1v) is 6.73. The van der Waals surface area contributed by atoms with E-state index in [9.17, 15) is 9.59 Å². The lowest BCUT2D eigenvalue weighted by atomic mass is 10.1. The maximum Gasteiger partial charge on any atom is 0.254 e. The molecule has 1 aliphatic rings. The summed E-state index contributed by atoms with van der Waals surface area (Å²) in [5, 5.41) is 2.75. The molecule has 0 bridgehead atoms. The Morgan fingerprint density at radius 2 is 2.16 bits per heavy atom. The molecular weight excluding hydrogens is 240 g/mol. The number of aryl methyl sites for hydroxylation is 1. The van der Waals surface area contributed by atoms with Crippen molar-refractivity contribution in [1.82, 2.24) is 5.32 Å². The molecule has 1 aliphatic heterocycles. The van der Waals surface area contributed by atoms with Gasteiger partial charge in [0.15, 0.2) is 0 Å². The Bertz CT molecular complexity index is 511. The molecule has 1 aromatic rings. The van der Waals surface area contributed by atoms with Crippen LogP contribution in [-0.4, -0.2) is 18.4 Å². The molecule has 0 saturated carbocycles. The molecule has 2 amide bonds. The molecule has 102 valence electrons. The van der Waals surface area contributed by atoms with E-state index >= 15 is 0 Å². The Kier molecular flexibility index (Phi) is 3.88. The van der Waals surface area contributed by atoms with E-state index < -0.39 is 6.04 Å². The van der Waals surface area contributed by atoms with E-state index in [1.54, 1.807) is 4.90 Å². The molecule has 1 atom stereocenters. The summed E-state index contributed by atoms with van der Waals surface area (Å²) in [4.78, 5) is 25.5. The Hall–Kier alpha value is -1.84. The Morgan fingerprint density at radius 3 is 2.79 bits per heavy atom. The van der Waals surface area contributed by atoms with Gasteiger partial charge in [0, 0.05) is 24.7 Å². The molecule has 0 aromatic heterocycles. The van der Waals surface area contributed by atoms with Crippen LogP contribution in [0.2, 0.25) is 0 Å². The summed E-state index contributed by atoms with van der Waals surface area (Å²) < 4.78 is 0. The number of fused-ring (bicyclic) bond motifs is 1. The monoisotopic (exact) mass is 260 g/mol. The van der Waals surface area contributed by atoms with Gasteiger partial charge in [0.25, 0.3) is 5.91 Å². The van der Waals surface area contributed by atoms with E-state index in [1.807, 2.05) is 25.1 Å². The zero-order valence-electron chi connectivity index (χ0n) is 11.7. The van der Waals surface area contributed by atoms with Gasteiger partial charge in [0.2, 0.25) is 5.91 Å². The highest BCUT2D eigenvalue weighted by atomic mass is 16.2. The first-order valence-electron chi connectivity index (χ1n) is 6.73. The molecule has 0 radical (unpaired) electrons. The predicted molar refractivity (Wildman–Crippen MR) is 75.0 cm³/mol. The molecule has 1 aromatic carbocycles. The molecule has 0 saturated heterocycles. The number of unbranched alkanes of at least 4 members (excludes halogenated alkanes) is 1. The van der Waals surface area contributed by atoms with Gasteiger partial charge in [0.05, 0.1) is 0 Å². The van der Waals surface area contributed by atoms with Crippen molar-refractivity contribution >= 4 is 17.5 Å². The van der Waals surface area contributed by atoms with Crippen molar-refractivity contribution in [2.24, 2.45) is 0 Å². The van der Waals surface area contributed by atoms with Crippen LogP contribution in [0, 0.1) is 6.92 Å². The van der Waals surface area contributed by atoms with Crippen molar-refractivity contribution in [3.05, 3.63) is 29.3 Å². The number of nitrogens with zero attached hydrogens (tertiary/aromatic N) is 1. The number of benzene rings is 1. The van der Waals surface area contributed by atoms with Crippen molar-refractivity contribution in [1.29, 1.82) is 0 Å².